The van der Waals surface area contributed by atoms with Gasteiger partial charge in [0.15, 0.2) is 0 Å². The number of halogens is 1. The molecule has 5 heteroatoms. The van der Waals surface area contributed by atoms with Gasteiger partial charge in [0.1, 0.15) is 6.07 Å². The lowest BCUT2D eigenvalue weighted by Crippen LogP contribution is -2.38. The van der Waals surface area contributed by atoms with E-state index in [1.165, 1.54) is 0 Å². The van der Waals surface area contributed by atoms with Gasteiger partial charge in [-0.3, -0.25) is 0 Å². The van der Waals surface area contributed by atoms with E-state index in [2.05, 4.69) is 5.32 Å². The van der Waals surface area contributed by atoms with Gasteiger partial charge < -0.3 is 16.2 Å². The molecule has 0 spiro atoms. The minimum Gasteiger partial charge on any atom is -0.398 e. The van der Waals surface area contributed by atoms with E-state index in [1.54, 1.807) is 18.2 Å². The number of benzene rings is 1. The molecule has 0 radical (unpaired) electrons. The van der Waals surface area contributed by atoms with Gasteiger partial charge in [0.05, 0.1) is 11.7 Å². The summed E-state index contributed by atoms with van der Waals surface area (Å²) in [6.07, 6.45) is -0.637. The molecule has 0 aliphatic heterocycles. The van der Waals surface area contributed by atoms with Gasteiger partial charge in [-0.15, -0.1) is 12.4 Å². The zero-order valence-electron chi connectivity index (χ0n) is 10.9. The number of aliphatic hydroxyl groups excluding tert-OH is 1. The number of aliphatic hydroxyl groups is 1. The van der Waals surface area contributed by atoms with Gasteiger partial charge in [-0.1, -0.05) is 6.07 Å². The van der Waals surface area contributed by atoms with Crippen molar-refractivity contribution < 1.29 is 5.11 Å². The molecule has 0 aromatic heterocycles. The van der Waals surface area contributed by atoms with Crippen LogP contribution >= 0.6 is 12.4 Å². The van der Waals surface area contributed by atoms with Crippen molar-refractivity contribution in [3.8, 4) is 6.07 Å². The number of hydrogen-bond acceptors (Lipinski definition) is 4. The lowest BCUT2D eigenvalue weighted by molar-refractivity contribution is 0.163. The van der Waals surface area contributed by atoms with Crippen LogP contribution in [0.4, 0.5) is 5.69 Å². The number of rotatable bonds is 3. The van der Waals surface area contributed by atoms with Crippen LogP contribution in [0.3, 0.4) is 0 Å². The van der Waals surface area contributed by atoms with E-state index in [4.69, 9.17) is 11.0 Å². The van der Waals surface area contributed by atoms with E-state index < -0.39 is 6.10 Å². The molecule has 0 bridgehead atoms. The topological polar surface area (TPSA) is 82.1 Å². The maximum absolute atomic E-state index is 9.98. The van der Waals surface area contributed by atoms with Crippen LogP contribution in [0.15, 0.2) is 18.2 Å². The maximum Gasteiger partial charge on any atom is 0.101 e. The Balaban J connectivity index is 0.00000289. The zero-order chi connectivity index (χ0) is 13.1. The summed E-state index contributed by atoms with van der Waals surface area (Å²) in [5, 5.41) is 22.0. The van der Waals surface area contributed by atoms with Crippen LogP contribution < -0.4 is 11.1 Å². The van der Waals surface area contributed by atoms with Gasteiger partial charge in [0.25, 0.3) is 0 Å². The van der Waals surface area contributed by atoms with Gasteiger partial charge in [-0.05, 0) is 38.5 Å². The highest BCUT2D eigenvalue weighted by Gasteiger charge is 2.14. The zero-order valence-corrected chi connectivity index (χ0v) is 11.7. The molecule has 4 N–H and O–H groups in total. The first kappa shape index (κ1) is 16.7. The SMILES string of the molecule is CC(C)(C)NCC(O)c1ccc(N)c(C#N)c1.Cl. The van der Waals surface area contributed by atoms with Crippen LogP contribution in [0.5, 0.6) is 0 Å². The first-order valence-corrected chi connectivity index (χ1v) is 5.56. The standard InChI is InChI=1S/C13H19N3O.ClH/c1-13(2,3)16-8-12(17)9-4-5-11(15)10(6-9)7-14;/h4-6,12,16-17H,8,15H2,1-3H3;1H. The molecule has 0 saturated heterocycles. The number of nitrogen functional groups attached to an aromatic ring is 1. The smallest absolute Gasteiger partial charge is 0.101 e. The van der Waals surface area contributed by atoms with Crippen molar-refractivity contribution in [1.82, 2.24) is 5.32 Å². The lowest BCUT2D eigenvalue weighted by Gasteiger charge is -2.23. The fourth-order valence-electron chi connectivity index (χ4n) is 1.40. The summed E-state index contributed by atoms with van der Waals surface area (Å²) < 4.78 is 0. The molecule has 1 unspecified atom stereocenters. The van der Waals surface area contributed by atoms with Crippen LogP contribution in [-0.4, -0.2) is 17.2 Å². The summed E-state index contributed by atoms with van der Waals surface area (Å²) in [4.78, 5) is 0. The summed E-state index contributed by atoms with van der Waals surface area (Å²) in [5.74, 6) is 0. The molecule has 18 heavy (non-hydrogen) atoms. The number of β-amino-alcohol motifs (C(OH)–C–C–N with tert-alkyl or cyclic N) is 1. The summed E-state index contributed by atoms with van der Waals surface area (Å²) >= 11 is 0. The molecule has 0 aliphatic carbocycles. The Bertz CT molecular complexity index is 435. The van der Waals surface area contributed by atoms with Crippen molar-refractivity contribution in [2.24, 2.45) is 0 Å². The van der Waals surface area contributed by atoms with Crippen molar-refractivity contribution in [1.29, 1.82) is 5.26 Å². The van der Waals surface area contributed by atoms with Crippen molar-refractivity contribution in [2.75, 3.05) is 12.3 Å². The van der Waals surface area contributed by atoms with E-state index >= 15 is 0 Å². The average Bonchev–Trinajstić information content (AvgIpc) is 2.25. The van der Waals surface area contributed by atoms with E-state index in [9.17, 15) is 5.11 Å². The predicted octanol–water partition coefficient (Wildman–Crippen LogP) is 1.98. The number of nitriles is 1. The van der Waals surface area contributed by atoms with Crippen LogP contribution in [0, 0.1) is 11.3 Å². The molecule has 0 amide bonds. The Morgan fingerprint density at radius 1 is 1.44 bits per heavy atom. The molecule has 0 heterocycles. The minimum absolute atomic E-state index is 0. The molecule has 0 saturated carbocycles. The molecule has 1 rings (SSSR count). The van der Waals surface area contributed by atoms with Crippen LogP contribution in [-0.2, 0) is 0 Å². The number of nitrogens with one attached hydrogen (secondary N) is 1. The maximum atomic E-state index is 9.98. The Labute approximate surface area is 114 Å². The lowest BCUT2D eigenvalue weighted by atomic mass is 10.0. The Hall–Kier alpha value is -1.28. The van der Waals surface area contributed by atoms with Crippen LogP contribution in [0.2, 0.25) is 0 Å². The molecular weight excluding hydrogens is 250 g/mol. The number of nitrogens with zero attached hydrogens (tertiary/aromatic N) is 1. The van der Waals surface area contributed by atoms with Gasteiger partial charge >= 0.3 is 0 Å². The summed E-state index contributed by atoms with van der Waals surface area (Å²) in [7, 11) is 0. The molecule has 4 nitrogen and oxygen atoms in total. The minimum atomic E-state index is -0.637. The number of nitrogens with two attached hydrogens (primary N) is 1. The molecule has 0 aliphatic rings. The third kappa shape index (κ3) is 4.92. The second-order valence-electron chi connectivity index (χ2n) is 5.11. The summed E-state index contributed by atoms with van der Waals surface area (Å²) in [5.41, 5.74) is 7.11. The van der Waals surface area contributed by atoms with Gasteiger partial charge in [-0.2, -0.15) is 5.26 Å². The number of anilines is 1. The highest BCUT2D eigenvalue weighted by molar-refractivity contribution is 5.85. The second kappa shape index (κ2) is 6.60. The van der Waals surface area contributed by atoms with Gasteiger partial charge in [-0.25, -0.2) is 0 Å². The summed E-state index contributed by atoms with van der Waals surface area (Å²) in [6, 6.07) is 7.02. The molecule has 1 atom stereocenters. The van der Waals surface area contributed by atoms with E-state index in [1.807, 2.05) is 26.8 Å². The van der Waals surface area contributed by atoms with Crippen molar-refractivity contribution in [3.05, 3.63) is 29.3 Å². The highest BCUT2D eigenvalue weighted by Crippen LogP contribution is 2.19. The summed E-state index contributed by atoms with van der Waals surface area (Å²) in [6.45, 7) is 6.54. The molecule has 0 fully saturated rings. The van der Waals surface area contributed by atoms with Crippen LogP contribution in [0.1, 0.15) is 38.0 Å². The fraction of sp³-hybridized carbons (Fsp3) is 0.462. The van der Waals surface area contributed by atoms with Crippen molar-refractivity contribution in [3.63, 3.8) is 0 Å². The van der Waals surface area contributed by atoms with Gasteiger partial charge in [0, 0.05) is 17.8 Å². The number of hydrogen-bond donors (Lipinski definition) is 3. The van der Waals surface area contributed by atoms with Crippen LogP contribution in [0.25, 0.3) is 0 Å². The van der Waals surface area contributed by atoms with E-state index in [0.717, 1.165) is 0 Å². The monoisotopic (exact) mass is 269 g/mol. The molecule has 100 valence electrons. The van der Waals surface area contributed by atoms with E-state index in [-0.39, 0.29) is 17.9 Å². The molecular formula is C13H20ClN3O. The quantitative estimate of drug-likeness (QED) is 0.733. The normalized spacial score (nSPS) is 12.4. The first-order chi connectivity index (χ1) is 7.83. The highest BCUT2D eigenvalue weighted by atomic mass is 35.5. The Morgan fingerprint density at radius 3 is 2.56 bits per heavy atom. The fourth-order valence-corrected chi connectivity index (χ4v) is 1.40. The second-order valence-corrected chi connectivity index (χ2v) is 5.11. The Kier molecular flexibility index (Phi) is 6.13. The largest absolute Gasteiger partial charge is 0.398 e. The third-order valence-electron chi connectivity index (χ3n) is 2.41. The predicted molar refractivity (Wildman–Crippen MR) is 75.5 cm³/mol. The van der Waals surface area contributed by atoms with E-state index in [0.29, 0.717) is 23.4 Å². The first-order valence-electron chi connectivity index (χ1n) is 5.56. The van der Waals surface area contributed by atoms with Crippen molar-refractivity contribution >= 4 is 18.1 Å². The van der Waals surface area contributed by atoms with Crippen molar-refractivity contribution in [2.45, 2.75) is 32.4 Å². The Morgan fingerprint density at radius 2 is 2.06 bits per heavy atom. The average molecular weight is 270 g/mol. The molecule has 1 aromatic carbocycles. The third-order valence-corrected chi connectivity index (χ3v) is 2.41. The van der Waals surface area contributed by atoms with Gasteiger partial charge in [0.2, 0.25) is 0 Å². The molecule has 1 aromatic rings.